The largest absolute Gasteiger partial charge is 0.396 e. The molecule has 0 atom stereocenters. The zero-order valence-corrected chi connectivity index (χ0v) is 11.5. The van der Waals surface area contributed by atoms with Crippen LogP contribution in [0.25, 0.3) is 0 Å². The van der Waals surface area contributed by atoms with Gasteiger partial charge in [-0.05, 0) is 24.6 Å². The first-order chi connectivity index (χ1) is 8.84. The first-order valence-corrected chi connectivity index (χ1v) is 7.71. The van der Waals surface area contributed by atoms with Crippen LogP contribution in [0, 0.1) is 5.82 Å². The molecule has 7 heteroatoms. The number of benzene rings is 1. The van der Waals surface area contributed by atoms with Gasteiger partial charge in [0, 0.05) is 17.9 Å². The van der Waals surface area contributed by atoms with Gasteiger partial charge in [-0.25, -0.2) is 12.8 Å². The van der Waals surface area contributed by atoms with Crippen molar-refractivity contribution in [2.45, 2.75) is 19.8 Å². The third kappa shape index (κ3) is 5.25. The molecular formula is C12H17FN2O3S. The van der Waals surface area contributed by atoms with Crippen molar-refractivity contribution in [3.63, 3.8) is 0 Å². The van der Waals surface area contributed by atoms with E-state index >= 15 is 0 Å². The molecule has 19 heavy (non-hydrogen) atoms. The maximum Gasteiger partial charge on any atom is 0.225 e. The fourth-order valence-electron chi connectivity index (χ4n) is 1.51. The van der Waals surface area contributed by atoms with Crippen LogP contribution in [0.3, 0.4) is 0 Å². The predicted molar refractivity (Wildman–Crippen MR) is 73.0 cm³/mol. The number of hydrogen-bond acceptors (Lipinski definition) is 4. The zero-order chi connectivity index (χ0) is 14.5. The van der Waals surface area contributed by atoms with E-state index in [4.69, 9.17) is 5.73 Å². The van der Waals surface area contributed by atoms with Gasteiger partial charge in [0.15, 0.2) is 9.84 Å². The van der Waals surface area contributed by atoms with Gasteiger partial charge in [0.2, 0.25) is 5.91 Å². The van der Waals surface area contributed by atoms with E-state index < -0.39 is 21.6 Å². The monoisotopic (exact) mass is 288 g/mol. The molecule has 0 spiro atoms. The molecular weight excluding hydrogens is 271 g/mol. The molecule has 0 heterocycles. The van der Waals surface area contributed by atoms with Gasteiger partial charge in [-0.3, -0.25) is 4.79 Å². The SMILES string of the molecule is CCCS(=O)(=O)CCC(=O)Nc1ccc(F)c(N)c1. The lowest BCUT2D eigenvalue weighted by Crippen LogP contribution is -2.19. The highest BCUT2D eigenvalue weighted by molar-refractivity contribution is 7.91. The second-order valence-electron chi connectivity index (χ2n) is 4.19. The van der Waals surface area contributed by atoms with Gasteiger partial charge in [0.25, 0.3) is 0 Å². The summed E-state index contributed by atoms with van der Waals surface area (Å²) < 4.78 is 35.8. The molecule has 0 aliphatic rings. The van der Waals surface area contributed by atoms with E-state index in [2.05, 4.69) is 5.32 Å². The van der Waals surface area contributed by atoms with Crippen LogP contribution in [0.1, 0.15) is 19.8 Å². The summed E-state index contributed by atoms with van der Waals surface area (Å²) in [6.45, 7) is 1.76. The molecule has 0 aliphatic heterocycles. The number of nitrogens with one attached hydrogen (secondary N) is 1. The highest BCUT2D eigenvalue weighted by Crippen LogP contribution is 2.16. The molecule has 1 aromatic carbocycles. The van der Waals surface area contributed by atoms with Crippen molar-refractivity contribution in [3.8, 4) is 0 Å². The second kappa shape index (κ2) is 6.51. The van der Waals surface area contributed by atoms with Crippen molar-refractivity contribution in [1.82, 2.24) is 0 Å². The number of sulfone groups is 1. The third-order valence-electron chi connectivity index (χ3n) is 2.44. The van der Waals surface area contributed by atoms with E-state index in [9.17, 15) is 17.6 Å². The fourth-order valence-corrected chi connectivity index (χ4v) is 2.83. The lowest BCUT2D eigenvalue weighted by Gasteiger charge is -2.07. The lowest BCUT2D eigenvalue weighted by atomic mass is 10.2. The van der Waals surface area contributed by atoms with Crippen molar-refractivity contribution in [2.75, 3.05) is 22.6 Å². The lowest BCUT2D eigenvalue weighted by molar-refractivity contribution is -0.115. The highest BCUT2D eigenvalue weighted by Gasteiger charge is 2.12. The maximum absolute atomic E-state index is 12.9. The number of amides is 1. The van der Waals surface area contributed by atoms with E-state index in [1.165, 1.54) is 12.1 Å². The first-order valence-electron chi connectivity index (χ1n) is 5.89. The maximum atomic E-state index is 12.9. The van der Waals surface area contributed by atoms with Crippen LogP contribution in [0.15, 0.2) is 18.2 Å². The van der Waals surface area contributed by atoms with Crippen molar-refractivity contribution >= 4 is 27.1 Å². The number of nitrogen functional groups attached to an aromatic ring is 1. The molecule has 1 aromatic rings. The Kier molecular flexibility index (Phi) is 5.29. The molecule has 0 saturated carbocycles. The number of carbonyl (C=O) groups excluding carboxylic acids is 1. The van der Waals surface area contributed by atoms with E-state index in [-0.39, 0.29) is 23.6 Å². The summed E-state index contributed by atoms with van der Waals surface area (Å²) in [6, 6.07) is 3.79. The van der Waals surface area contributed by atoms with Gasteiger partial charge in [-0.2, -0.15) is 0 Å². The third-order valence-corrected chi connectivity index (χ3v) is 4.29. The molecule has 1 rings (SSSR count). The number of anilines is 2. The molecule has 0 fully saturated rings. The van der Waals surface area contributed by atoms with Crippen molar-refractivity contribution < 1.29 is 17.6 Å². The molecule has 1 amide bonds. The summed E-state index contributed by atoms with van der Waals surface area (Å²) >= 11 is 0. The second-order valence-corrected chi connectivity index (χ2v) is 6.49. The predicted octanol–water partition coefficient (Wildman–Crippen LogP) is 1.56. The van der Waals surface area contributed by atoms with Crippen LogP contribution >= 0.6 is 0 Å². The molecule has 0 saturated heterocycles. The Morgan fingerprint density at radius 3 is 2.63 bits per heavy atom. The topological polar surface area (TPSA) is 89.3 Å². The van der Waals surface area contributed by atoms with Crippen LogP contribution in [-0.4, -0.2) is 25.8 Å². The number of carbonyl (C=O) groups is 1. The summed E-state index contributed by atoms with van der Waals surface area (Å²) in [5.74, 6) is -1.12. The summed E-state index contributed by atoms with van der Waals surface area (Å²) in [4.78, 5) is 11.5. The van der Waals surface area contributed by atoms with Crippen LogP contribution in [0.4, 0.5) is 15.8 Å². The Morgan fingerprint density at radius 1 is 1.37 bits per heavy atom. The summed E-state index contributed by atoms with van der Waals surface area (Å²) in [5, 5.41) is 2.47. The number of rotatable bonds is 6. The standard InChI is InChI=1S/C12H17FN2O3S/c1-2-6-19(17,18)7-5-12(16)15-9-3-4-10(13)11(14)8-9/h3-4,8H,2,5-7,14H2,1H3,(H,15,16). The minimum Gasteiger partial charge on any atom is -0.396 e. The minimum absolute atomic E-state index is 0.0728. The van der Waals surface area contributed by atoms with Gasteiger partial charge in [0.05, 0.1) is 11.4 Å². The molecule has 0 radical (unpaired) electrons. The Balaban J connectivity index is 2.54. The molecule has 0 aromatic heterocycles. The van der Waals surface area contributed by atoms with E-state index in [1.807, 2.05) is 0 Å². The minimum atomic E-state index is -3.18. The molecule has 0 unspecified atom stereocenters. The van der Waals surface area contributed by atoms with Crippen LogP contribution in [0.2, 0.25) is 0 Å². The van der Waals surface area contributed by atoms with Gasteiger partial charge in [-0.1, -0.05) is 6.92 Å². The van der Waals surface area contributed by atoms with Gasteiger partial charge in [-0.15, -0.1) is 0 Å². The van der Waals surface area contributed by atoms with Gasteiger partial charge >= 0.3 is 0 Å². The van der Waals surface area contributed by atoms with Gasteiger partial charge in [0.1, 0.15) is 5.82 Å². The van der Waals surface area contributed by atoms with Crippen LogP contribution in [0.5, 0.6) is 0 Å². The van der Waals surface area contributed by atoms with Crippen molar-refractivity contribution in [3.05, 3.63) is 24.0 Å². The van der Waals surface area contributed by atoms with Crippen LogP contribution < -0.4 is 11.1 Å². The quantitative estimate of drug-likeness (QED) is 0.777. The summed E-state index contributed by atoms with van der Waals surface area (Å²) in [5.41, 5.74) is 5.63. The zero-order valence-electron chi connectivity index (χ0n) is 10.6. The van der Waals surface area contributed by atoms with Crippen molar-refractivity contribution in [1.29, 1.82) is 0 Å². The van der Waals surface area contributed by atoms with Gasteiger partial charge < -0.3 is 11.1 Å². The first kappa shape index (κ1) is 15.4. The number of nitrogens with two attached hydrogens (primary N) is 1. The fraction of sp³-hybridized carbons (Fsp3) is 0.417. The molecule has 0 aliphatic carbocycles. The van der Waals surface area contributed by atoms with E-state index in [0.717, 1.165) is 6.07 Å². The molecule has 0 bridgehead atoms. The van der Waals surface area contributed by atoms with E-state index in [1.54, 1.807) is 6.92 Å². The smallest absolute Gasteiger partial charge is 0.225 e. The Morgan fingerprint density at radius 2 is 2.05 bits per heavy atom. The normalized spacial score (nSPS) is 11.3. The number of hydrogen-bond donors (Lipinski definition) is 2. The average Bonchev–Trinajstić information content (AvgIpc) is 2.32. The molecule has 3 N–H and O–H groups in total. The van der Waals surface area contributed by atoms with Crippen LogP contribution in [-0.2, 0) is 14.6 Å². The summed E-state index contributed by atoms with van der Waals surface area (Å²) in [7, 11) is -3.18. The Hall–Kier alpha value is -1.63. The summed E-state index contributed by atoms with van der Waals surface area (Å²) in [6.07, 6.45) is 0.401. The highest BCUT2D eigenvalue weighted by atomic mass is 32.2. The molecule has 106 valence electrons. The molecule has 5 nitrogen and oxygen atoms in total. The van der Waals surface area contributed by atoms with Crippen molar-refractivity contribution in [2.24, 2.45) is 0 Å². The average molecular weight is 288 g/mol. The van der Waals surface area contributed by atoms with E-state index in [0.29, 0.717) is 12.1 Å². The number of halogens is 1. The Labute approximate surface area is 111 Å². The Bertz CT molecular complexity index is 558.